The number of nitrogens with zero attached hydrogens (tertiary/aromatic N) is 4. The molecule has 1 aliphatic rings. The summed E-state index contributed by atoms with van der Waals surface area (Å²) in [5.74, 6) is 0.875. The minimum absolute atomic E-state index is 0.427. The van der Waals surface area contributed by atoms with E-state index in [0.717, 1.165) is 25.5 Å². The summed E-state index contributed by atoms with van der Waals surface area (Å²) < 4.78 is 0. The van der Waals surface area contributed by atoms with Gasteiger partial charge in [0, 0.05) is 24.8 Å². The van der Waals surface area contributed by atoms with Gasteiger partial charge in [0.1, 0.15) is 5.82 Å². The number of likely N-dealkylation sites (tertiary alicyclic amines) is 1. The first kappa shape index (κ1) is 15.6. The Bertz CT molecular complexity index is 609. The number of thiophene rings is 1. The quantitative estimate of drug-likeness (QED) is 0.847. The third-order valence-electron chi connectivity index (χ3n) is 4.15. The summed E-state index contributed by atoms with van der Waals surface area (Å²) in [6.45, 7) is 5.07. The zero-order valence-corrected chi connectivity index (χ0v) is 14.4. The van der Waals surface area contributed by atoms with E-state index in [-0.39, 0.29) is 0 Å². The Morgan fingerprint density at radius 3 is 3.00 bits per heavy atom. The minimum Gasteiger partial charge on any atom is -0.305 e. The van der Waals surface area contributed by atoms with Crippen molar-refractivity contribution in [2.24, 2.45) is 0 Å². The van der Waals surface area contributed by atoms with Crippen LogP contribution in [0.1, 0.15) is 41.5 Å². The fourth-order valence-electron chi connectivity index (χ4n) is 3.21. The van der Waals surface area contributed by atoms with Crippen LogP contribution < -0.4 is 0 Å². The largest absolute Gasteiger partial charge is 0.305 e. The van der Waals surface area contributed by atoms with E-state index in [1.807, 2.05) is 13.1 Å². The fraction of sp³-hybridized carbons (Fsp3) is 0.529. The van der Waals surface area contributed by atoms with Crippen molar-refractivity contribution in [2.75, 3.05) is 20.6 Å². The van der Waals surface area contributed by atoms with Crippen LogP contribution in [0.3, 0.4) is 0 Å². The normalized spacial score (nSPS) is 19.2. The summed E-state index contributed by atoms with van der Waals surface area (Å²) >= 11 is 1.78. The molecule has 118 valence electrons. The van der Waals surface area contributed by atoms with Crippen molar-refractivity contribution in [1.29, 1.82) is 0 Å². The summed E-state index contributed by atoms with van der Waals surface area (Å²) in [6, 6.07) is 2.66. The van der Waals surface area contributed by atoms with Crippen LogP contribution in [0.15, 0.2) is 23.0 Å². The summed E-state index contributed by atoms with van der Waals surface area (Å²) in [7, 11) is 4.20. The van der Waals surface area contributed by atoms with Crippen LogP contribution in [0.4, 0.5) is 0 Å². The molecular formula is C17H24N4S. The van der Waals surface area contributed by atoms with Crippen LogP contribution in [-0.2, 0) is 13.1 Å². The van der Waals surface area contributed by atoms with Gasteiger partial charge >= 0.3 is 0 Å². The second-order valence-electron chi connectivity index (χ2n) is 6.33. The maximum Gasteiger partial charge on any atom is 0.125 e. The predicted octanol–water partition coefficient (Wildman–Crippen LogP) is 3.25. The molecule has 22 heavy (non-hydrogen) atoms. The lowest BCUT2D eigenvalue weighted by molar-refractivity contribution is 0.241. The molecule has 1 aliphatic heterocycles. The van der Waals surface area contributed by atoms with Crippen molar-refractivity contribution in [3.63, 3.8) is 0 Å². The molecule has 0 N–H and O–H groups in total. The summed E-state index contributed by atoms with van der Waals surface area (Å²) in [4.78, 5) is 14.0. The molecule has 0 spiro atoms. The SMILES string of the molecule is Cc1ncc(CN(C)C)c([C@@H]2CCCN2Cc2ccsc2)n1. The predicted molar refractivity (Wildman–Crippen MR) is 90.9 cm³/mol. The van der Waals surface area contributed by atoms with Gasteiger partial charge in [-0.15, -0.1) is 0 Å². The maximum atomic E-state index is 4.81. The molecule has 1 atom stereocenters. The van der Waals surface area contributed by atoms with Gasteiger partial charge in [0.05, 0.1) is 11.7 Å². The van der Waals surface area contributed by atoms with Crippen LogP contribution >= 0.6 is 11.3 Å². The van der Waals surface area contributed by atoms with E-state index in [1.165, 1.54) is 29.7 Å². The van der Waals surface area contributed by atoms with Crippen molar-refractivity contribution >= 4 is 11.3 Å². The minimum atomic E-state index is 0.427. The van der Waals surface area contributed by atoms with Crippen LogP contribution in [0, 0.1) is 6.92 Å². The molecule has 1 fully saturated rings. The van der Waals surface area contributed by atoms with Crippen molar-refractivity contribution in [3.05, 3.63) is 45.7 Å². The van der Waals surface area contributed by atoms with E-state index < -0.39 is 0 Å². The molecular weight excluding hydrogens is 292 g/mol. The average molecular weight is 316 g/mol. The summed E-state index contributed by atoms with van der Waals surface area (Å²) in [6.07, 6.45) is 4.46. The second-order valence-corrected chi connectivity index (χ2v) is 7.11. The third kappa shape index (κ3) is 3.54. The molecule has 1 saturated heterocycles. The molecule has 0 saturated carbocycles. The molecule has 3 heterocycles. The van der Waals surface area contributed by atoms with Crippen molar-refractivity contribution < 1.29 is 0 Å². The second kappa shape index (κ2) is 6.86. The highest BCUT2D eigenvalue weighted by Gasteiger charge is 2.29. The van der Waals surface area contributed by atoms with Crippen LogP contribution in [0.25, 0.3) is 0 Å². The highest BCUT2D eigenvalue weighted by Crippen LogP contribution is 2.34. The number of aryl methyl sites for hydroxylation is 1. The zero-order chi connectivity index (χ0) is 15.5. The Morgan fingerprint density at radius 2 is 2.27 bits per heavy atom. The molecule has 0 radical (unpaired) electrons. The molecule has 0 bridgehead atoms. The molecule has 2 aromatic heterocycles. The highest BCUT2D eigenvalue weighted by molar-refractivity contribution is 7.07. The Kier molecular flexibility index (Phi) is 4.86. The smallest absolute Gasteiger partial charge is 0.125 e. The van der Waals surface area contributed by atoms with E-state index >= 15 is 0 Å². The third-order valence-corrected chi connectivity index (χ3v) is 4.88. The van der Waals surface area contributed by atoms with Gasteiger partial charge in [-0.3, -0.25) is 4.90 Å². The maximum absolute atomic E-state index is 4.81. The number of hydrogen-bond acceptors (Lipinski definition) is 5. The van der Waals surface area contributed by atoms with Crippen LogP contribution in [0.2, 0.25) is 0 Å². The van der Waals surface area contributed by atoms with Gasteiger partial charge in [-0.05, 0) is 62.8 Å². The van der Waals surface area contributed by atoms with Crippen LogP contribution in [0.5, 0.6) is 0 Å². The Labute approximate surface area is 136 Å². The fourth-order valence-corrected chi connectivity index (χ4v) is 3.87. The first-order chi connectivity index (χ1) is 10.6. The van der Waals surface area contributed by atoms with Gasteiger partial charge in [0.15, 0.2) is 0 Å². The molecule has 2 aromatic rings. The monoisotopic (exact) mass is 316 g/mol. The Balaban J connectivity index is 1.86. The molecule has 0 aliphatic carbocycles. The van der Waals surface area contributed by atoms with Crippen molar-refractivity contribution in [3.8, 4) is 0 Å². The Morgan fingerprint density at radius 1 is 1.41 bits per heavy atom. The highest BCUT2D eigenvalue weighted by atomic mass is 32.1. The number of hydrogen-bond donors (Lipinski definition) is 0. The first-order valence-electron chi connectivity index (χ1n) is 7.86. The van der Waals surface area contributed by atoms with E-state index in [2.05, 4.69) is 45.7 Å². The lowest BCUT2D eigenvalue weighted by Crippen LogP contribution is -2.25. The van der Waals surface area contributed by atoms with Crippen molar-refractivity contribution in [1.82, 2.24) is 19.8 Å². The lowest BCUT2D eigenvalue weighted by Gasteiger charge is -2.26. The number of aromatic nitrogens is 2. The van der Waals surface area contributed by atoms with E-state index in [4.69, 9.17) is 4.98 Å². The van der Waals surface area contributed by atoms with Crippen LogP contribution in [-0.4, -0.2) is 40.4 Å². The van der Waals surface area contributed by atoms with Gasteiger partial charge in [0.25, 0.3) is 0 Å². The number of rotatable bonds is 5. The molecule has 4 nitrogen and oxygen atoms in total. The summed E-state index contributed by atoms with van der Waals surface area (Å²) in [5, 5.41) is 4.41. The molecule has 5 heteroatoms. The summed E-state index contributed by atoms with van der Waals surface area (Å²) in [5.41, 5.74) is 3.91. The lowest BCUT2D eigenvalue weighted by atomic mass is 10.1. The molecule has 3 rings (SSSR count). The van der Waals surface area contributed by atoms with Gasteiger partial charge in [-0.1, -0.05) is 0 Å². The molecule has 0 unspecified atom stereocenters. The molecule has 0 amide bonds. The van der Waals surface area contributed by atoms with Gasteiger partial charge in [0.2, 0.25) is 0 Å². The van der Waals surface area contributed by atoms with Crippen molar-refractivity contribution in [2.45, 2.75) is 38.9 Å². The van der Waals surface area contributed by atoms with Gasteiger partial charge in [-0.2, -0.15) is 11.3 Å². The topological polar surface area (TPSA) is 32.3 Å². The van der Waals surface area contributed by atoms with Gasteiger partial charge < -0.3 is 4.90 Å². The van der Waals surface area contributed by atoms with Gasteiger partial charge in [-0.25, -0.2) is 9.97 Å². The van der Waals surface area contributed by atoms with E-state index in [1.54, 1.807) is 11.3 Å². The average Bonchev–Trinajstić information content (AvgIpc) is 3.12. The van der Waals surface area contributed by atoms with E-state index in [0.29, 0.717) is 6.04 Å². The first-order valence-corrected chi connectivity index (χ1v) is 8.80. The standard InChI is InChI=1S/C17H24N4S/c1-13-18-9-15(11-20(2)3)17(19-13)16-5-4-7-21(16)10-14-6-8-22-12-14/h6,8-9,12,16H,4-5,7,10-11H2,1-3H3/t16-/m0/s1. The van der Waals surface area contributed by atoms with E-state index in [9.17, 15) is 0 Å². The molecule has 0 aromatic carbocycles. The zero-order valence-electron chi connectivity index (χ0n) is 13.6. The Hall–Kier alpha value is -1.30.